The Balaban J connectivity index is 2.84. The summed E-state index contributed by atoms with van der Waals surface area (Å²) >= 11 is 0. The number of carbonyl (C=O) groups excluding carboxylic acids is 1. The predicted molar refractivity (Wildman–Crippen MR) is 58.5 cm³/mol. The van der Waals surface area contributed by atoms with Gasteiger partial charge in [-0.2, -0.15) is 0 Å². The Hall–Kier alpha value is -1.39. The molecule has 1 rings (SSSR count). The smallest absolute Gasteiger partial charge is 0.306 e. The number of hydrogen-bond acceptors (Lipinski definition) is 4. The second-order valence-corrected chi connectivity index (χ2v) is 4.56. The third kappa shape index (κ3) is 2.40. The largest absolute Gasteiger partial charge is 0.469 e. The van der Waals surface area contributed by atoms with Crippen LogP contribution in [0.15, 0.2) is 12.2 Å². The summed E-state index contributed by atoms with van der Waals surface area (Å²) in [5.41, 5.74) is -0.191. The van der Waals surface area contributed by atoms with E-state index in [9.17, 15) is 14.9 Å². The molecule has 1 aliphatic rings. The zero-order valence-corrected chi connectivity index (χ0v) is 9.69. The van der Waals surface area contributed by atoms with Crippen molar-refractivity contribution in [2.24, 2.45) is 5.92 Å². The van der Waals surface area contributed by atoms with Gasteiger partial charge in [-0.3, -0.25) is 14.9 Å². The minimum Gasteiger partial charge on any atom is -0.469 e. The molecule has 5 nitrogen and oxygen atoms in total. The van der Waals surface area contributed by atoms with Crippen LogP contribution in [-0.2, 0) is 9.53 Å². The Morgan fingerprint density at radius 3 is 2.88 bits per heavy atom. The van der Waals surface area contributed by atoms with Crippen molar-refractivity contribution < 1.29 is 14.5 Å². The monoisotopic (exact) mass is 227 g/mol. The van der Waals surface area contributed by atoms with E-state index in [2.05, 4.69) is 11.3 Å². The van der Waals surface area contributed by atoms with Crippen molar-refractivity contribution in [3.05, 3.63) is 22.3 Å². The summed E-state index contributed by atoms with van der Waals surface area (Å²) in [6, 6.07) is 0. The molecule has 1 aliphatic carbocycles. The summed E-state index contributed by atoms with van der Waals surface area (Å²) in [5.74, 6) is -0.647. The van der Waals surface area contributed by atoms with Crippen molar-refractivity contribution in [3.63, 3.8) is 0 Å². The summed E-state index contributed by atoms with van der Waals surface area (Å²) in [7, 11) is 1.30. The summed E-state index contributed by atoms with van der Waals surface area (Å²) < 4.78 is 4.57. The quantitative estimate of drug-likeness (QED) is 0.320. The number of carbonyl (C=O) groups is 1. The average Bonchev–Trinajstić information content (AvgIpc) is 2.21. The summed E-state index contributed by atoms with van der Waals surface area (Å²) in [6.07, 6.45) is 1.85. The first-order valence-electron chi connectivity index (χ1n) is 5.28. The second-order valence-electron chi connectivity index (χ2n) is 4.56. The third-order valence-corrected chi connectivity index (χ3v) is 3.39. The minimum atomic E-state index is -1.08. The highest BCUT2D eigenvalue weighted by molar-refractivity contribution is 5.69. The SMILES string of the molecule is C=C1CCC(CC(=O)OC)C(C)([N+](=O)[O-])C1. The molecule has 0 spiro atoms. The molecule has 0 bridgehead atoms. The maximum atomic E-state index is 11.2. The van der Waals surface area contributed by atoms with E-state index in [4.69, 9.17) is 0 Å². The zero-order valence-electron chi connectivity index (χ0n) is 9.69. The standard InChI is InChI=1S/C11H17NO4/c1-8-4-5-9(6-10(13)16-3)11(2,7-8)12(14)15/h9H,1,4-7H2,2-3H3. The molecule has 0 aromatic carbocycles. The molecule has 0 aliphatic heterocycles. The van der Waals surface area contributed by atoms with Crippen LogP contribution in [0.1, 0.15) is 32.6 Å². The number of rotatable bonds is 3. The molecule has 0 N–H and O–H groups in total. The Labute approximate surface area is 94.6 Å². The van der Waals surface area contributed by atoms with E-state index in [1.807, 2.05) is 0 Å². The van der Waals surface area contributed by atoms with Gasteiger partial charge in [0.15, 0.2) is 0 Å². The van der Waals surface area contributed by atoms with Crippen LogP contribution in [0, 0.1) is 16.0 Å². The van der Waals surface area contributed by atoms with E-state index in [1.165, 1.54) is 7.11 Å². The van der Waals surface area contributed by atoms with Crippen molar-refractivity contribution in [2.45, 2.75) is 38.1 Å². The molecule has 16 heavy (non-hydrogen) atoms. The van der Waals surface area contributed by atoms with Crippen molar-refractivity contribution in [3.8, 4) is 0 Å². The lowest BCUT2D eigenvalue weighted by atomic mass is 9.71. The number of nitrogens with zero attached hydrogens (tertiary/aromatic N) is 1. The van der Waals surface area contributed by atoms with Crippen molar-refractivity contribution in [1.29, 1.82) is 0 Å². The van der Waals surface area contributed by atoms with Crippen LogP contribution >= 0.6 is 0 Å². The number of ether oxygens (including phenoxy) is 1. The lowest BCUT2D eigenvalue weighted by molar-refractivity contribution is -0.577. The van der Waals surface area contributed by atoms with Crippen LogP contribution in [0.2, 0.25) is 0 Å². The van der Waals surface area contributed by atoms with Gasteiger partial charge in [-0.1, -0.05) is 12.2 Å². The van der Waals surface area contributed by atoms with Gasteiger partial charge in [0.25, 0.3) is 0 Å². The normalized spacial score (nSPS) is 29.9. The molecular formula is C11H17NO4. The topological polar surface area (TPSA) is 69.4 Å². The first-order chi connectivity index (χ1) is 7.40. The van der Waals surface area contributed by atoms with E-state index in [0.29, 0.717) is 12.8 Å². The molecule has 0 aromatic heterocycles. The van der Waals surface area contributed by atoms with Gasteiger partial charge in [-0.25, -0.2) is 0 Å². The third-order valence-electron chi connectivity index (χ3n) is 3.39. The first kappa shape index (κ1) is 12.7. The van der Waals surface area contributed by atoms with Crippen LogP contribution in [0.3, 0.4) is 0 Å². The maximum Gasteiger partial charge on any atom is 0.306 e. The van der Waals surface area contributed by atoms with Gasteiger partial charge >= 0.3 is 5.97 Å². The molecule has 5 heteroatoms. The minimum absolute atomic E-state index is 0.112. The molecule has 0 aromatic rings. The fraction of sp³-hybridized carbons (Fsp3) is 0.727. The van der Waals surface area contributed by atoms with Crippen molar-refractivity contribution in [1.82, 2.24) is 0 Å². The van der Waals surface area contributed by atoms with Gasteiger partial charge < -0.3 is 4.74 Å². The van der Waals surface area contributed by atoms with Gasteiger partial charge in [-0.15, -0.1) is 0 Å². The Kier molecular flexibility index (Phi) is 3.67. The average molecular weight is 227 g/mol. The van der Waals surface area contributed by atoms with E-state index in [0.717, 1.165) is 12.0 Å². The van der Waals surface area contributed by atoms with E-state index >= 15 is 0 Å². The number of esters is 1. The summed E-state index contributed by atoms with van der Waals surface area (Å²) in [6.45, 7) is 5.39. The van der Waals surface area contributed by atoms with E-state index in [-0.39, 0.29) is 23.2 Å². The van der Waals surface area contributed by atoms with Crippen LogP contribution in [0.25, 0.3) is 0 Å². The molecular weight excluding hydrogens is 210 g/mol. The van der Waals surface area contributed by atoms with E-state index < -0.39 is 5.54 Å². The van der Waals surface area contributed by atoms with Crippen LogP contribution in [-0.4, -0.2) is 23.5 Å². The fourth-order valence-electron chi connectivity index (χ4n) is 2.25. The molecule has 0 saturated heterocycles. The lowest BCUT2D eigenvalue weighted by Crippen LogP contribution is -2.46. The molecule has 0 amide bonds. The number of hydrogen-bond donors (Lipinski definition) is 0. The fourth-order valence-corrected chi connectivity index (χ4v) is 2.25. The predicted octanol–water partition coefficient (Wildman–Crippen LogP) is 1.94. The lowest BCUT2D eigenvalue weighted by Gasteiger charge is -2.34. The molecule has 2 atom stereocenters. The van der Waals surface area contributed by atoms with Crippen LogP contribution in [0.4, 0.5) is 0 Å². The Morgan fingerprint density at radius 2 is 2.38 bits per heavy atom. The molecule has 0 radical (unpaired) electrons. The van der Waals surface area contributed by atoms with Gasteiger partial charge in [0.05, 0.1) is 13.5 Å². The second kappa shape index (κ2) is 4.63. The Bertz CT molecular complexity index is 326. The maximum absolute atomic E-state index is 11.2. The number of nitro groups is 1. The van der Waals surface area contributed by atoms with Crippen molar-refractivity contribution in [2.75, 3.05) is 7.11 Å². The highest BCUT2D eigenvalue weighted by Crippen LogP contribution is 2.40. The molecule has 1 fully saturated rings. The Morgan fingerprint density at radius 1 is 1.75 bits per heavy atom. The zero-order chi connectivity index (χ0) is 12.3. The van der Waals surface area contributed by atoms with Crippen LogP contribution < -0.4 is 0 Å². The van der Waals surface area contributed by atoms with Gasteiger partial charge in [0.2, 0.25) is 5.54 Å². The molecule has 0 heterocycles. The van der Waals surface area contributed by atoms with Crippen molar-refractivity contribution >= 4 is 5.97 Å². The number of methoxy groups -OCH3 is 1. The van der Waals surface area contributed by atoms with Gasteiger partial charge in [-0.05, 0) is 12.8 Å². The van der Waals surface area contributed by atoms with Gasteiger partial charge in [0.1, 0.15) is 0 Å². The highest BCUT2D eigenvalue weighted by Gasteiger charge is 2.49. The summed E-state index contributed by atoms with van der Waals surface area (Å²) in [5, 5.41) is 11.1. The molecule has 90 valence electrons. The van der Waals surface area contributed by atoms with Gasteiger partial charge in [0, 0.05) is 24.2 Å². The highest BCUT2D eigenvalue weighted by atomic mass is 16.6. The molecule has 2 unspecified atom stereocenters. The molecule has 1 saturated carbocycles. The van der Waals surface area contributed by atoms with E-state index in [1.54, 1.807) is 6.92 Å². The summed E-state index contributed by atoms with van der Waals surface area (Å²) in [4.78, 5) is 22.0. The van der Waals surface area contributed by atoms with Crippen LogP contribution in [0.5, 0.6) is 0 Å². The first-order valence-corrected chi connectivity index (χ1v) is 5.28.